The zero-order valence-electron chi connectivity index (χ0n) is 10.7. The summed E-state index contributed by atoms with van der Waals surface area (Å²) in [5.74, 6) is 0.0867. The number of benzene rings is 1. The molecule has 0 spiro atoms. The standard InChI is InChI=1S/C14H19NO2/c1-4-14(8-17-9-14)13(16)15-12-10(2)6-5-7-11(12)3/h5-7H,4,8-9H2,1-3H3,(H,15,16). The Labute approximate surface area is 102 Å². The van der Waals surface area contributed by atoms with Crippen molar-refractivity contribution in [3.8, 4) is 0 Å². The molecular formula is C14H19NO2. The second-order valence-corrected chi connectivity index (χ2v) is 4.85. The summed E-state index contributed by atoms with van der Waals surface area (Å²) in [6, 6.07) is 6.03. The lowest BCUT2D eigenvalue weighted by molar-refractivity contribution is -0.156. The van der Waals surface area contributed by atoms with Gasteiger partial charge in [-0.2, -0.15) is 0 Å². The Balaban J connectivity index is 2.18. The maximum Gasteiger partial charge on any atom is 0.235 e. The van der Waals surface area contributed by atoms with E-state index in [1.165, 1.54) is 0 Å². The van der Waals surface area contributed by atoms with Crippen molar-refractivity contribution >= 4 is 11.6 Å². The molecule has 0 aliphatic carbocycles. The highest BCUT2D eigenvalue weighted by atomic mass is 16.5. The van der Waals surface area contributed by atoms with E-state index in [0.29, 0.717) is 13.2 Å². The molecule has 0 radical (unpaired) electrons. The summed E-state index contributed by atoms with van der Waals surface area (Å²) in [7, 11) is 0. The van der Waals surface area contributed by atoms with Gasteiger partial charge in [0.25, 0.3) is 0 Å². The minimum absolute atomic E-state index is 0.0867. The Morgan fingerprint density at radius 1 is 1.35 bits per heavy atom. The fourth-order valence-electron chi connectivity index (χ4n) is 2.10. The summed E-state index contributed by atoms with van der Waals surface area (Å²) in [5, 5.41) is 3.05. The number of para-hydroxylation sites is 1. The fraction of sp³-hybridized carbons (Fsp3) is 0.500. The van der Waals surface area contributed by atoms with E-state index in [-0.39, 0.29) is 11.3 Å². The second kappa shape index (κ2) is 4.49. The Morgan fingerprint density at radius 2 is 1.94 bits per heavy atom. The van der Waals surface area contributed by atoms with Gasteiger partial charge in [0, 0.05) is 5.69 Å². The van der Waals surface area contributed by atoms with Crippen molar-refractivity contribution in [2.75, 3.05) is 18.5 Å². The van der Waals surface area contributed by atoms with Gasteiger partial charge in [0.2, 0.25) is 5.91 Å². The van der Waals surface area contributed by atoms with Crippen molar-refractivity contribution in [2.24, 2.45) is 5.41 Å². The van der Waals surface area contributed by atoms with Crippen LogP contribution in [0.1, 0.15) is 24.5 Å². The Hall–Kier alpha value is -1.35. The van der Waals surface area contributed by atoms with Crippen LogP contribution in [0.5, 0.6) is 0 Å². The first-order chi connectivity index (χ1) is 8.09. The molecule has 0 aromatic heterocycles. The molecule has 1 N–H and O–H groups in total. The lowest BCUT2D eigenvalue weighted by Crippen LogP contribution is -2.51. The summed E-state index contributed by atoms with van der Waals surface area (Å²) < 4.78 is 5.19. The molecule has 0 bridgehead atoms. The van der Waals surface area contributed by atoms with Crippen LogP contribution in [0.15, 0.2) is 18.2 Å². The van der Waals surface area contributed by atoms with Crippen molar-refractivity contribution in [2.45, 2.75) is 27.2 Å². The van der Waals surface area contributed by atoms with Gasteiger partial charge in [-0.05, 0) is 31.4 Å². The fourth-order valence-corrected chi connectivity index (χ4v) is 2.10. The zero-order valence-corrected chi connectivity index (χ0v) is 10.7. The summed E-state index contributed by atoms with van der Waals surface area (Å²) in [6.07, 6.45) is 0.823. The third-order valence-electron chi connectivity index (χ3n) is 3.63. The molecule has 1 saturated heterocycles. The molecule has 0 saturated carbocycles. The maximum atomic E-state index is 12.3. The minimum Gasteiger partial charge on any atom is -0.379 e. The topological polar surface area (TPSA) is 38.3 Å². The summed E-state index contributed by atoms with van der Waals surface area (Å²) in [6.45, 7) is 7.14. The first kappa shape index (κ1) is 12.1. The molecule has 2 rings (SSSR count). The van der Waals surface area contributed by atoms with Crippen LogP contribution < -0.4 is 5.32 Å². The molecule has 0 unspecified atom stereocenters. The predicted molar refractivity (Wildman–Crippen MR) is 68.1 cm³/mol. The van der Waals surface area contributed by atoms with Gasteiger partial charge in [0.1, 0.15) is 0 Å². The number of rotatable bonds is 3. The van der Waals surface area contributed by atoms with Crippen molar-refractivity contribution in [1.82, 2.24) is 0 Å². The van der Waals surface area contributed by atoms with E-state index in [4.69, 9.17) is 4.74 Å². The van der Waals surface area contributed by atoms with Crippen molar-refractivity contribution in [1.29, 1.82) is 0 Å². The van der Waals surface area contributed by atoms with Gasteiger partial charge in [-0.25, -0.2) is 0 Å². The molecule has 1 heterocycles. The van der Waals surface area contributed by atoms with E-state index in [2.05, 4.69) is 5.32 Å². The van der Waals surface area contributed by atoms with Gasteiger partial charge in [-0.1, -0.05) is 25.1 Å². The zero-order chi connectivity index (χ0) is 12.5. The van der Waals surface area contributed by atoms with Gasteiger partial charge < -0.3 is 10.1 Å². The molecule has 3 heteroatoms. The Kier molecular flexibility index (Phi) is 3.20. The highest BCUT2D eigenvalue weighted by molar-refractivity contribution is 5.97. The molecule has 17 heavy (non-hydrogen) atoms. The normalized spacial score (nSPS) is 17.4. The van der Waals surface area contributed by atoms with Crippen LogP contribution in [-0.2, 0) is 9.53 Å². The number of anilines is 1. The minimum atomic E-state index is -0.311. The summed E-state index contributed by atoms with van der Waals surface area (Å²) in [5.41, 5.74) is 2.83. The van der Waals surface area contributed by atoms with Crippen LogP contribution >= 0.6 is 0 Å². The molecule has 1 aliphatic rings. The number of ether oxygens (including phenoxy) is 1. The van der Waals surface area contributed by atoms with Gasteiger partial charge >= 0.3 is 0 Å². The van der Waals surface area contributed by atoms with E-state index < -0.39 is 0 Å². The molecule has 1 aliphatic heterocycles. The first-order valence-electron chi connectivity index (χ1n) is 6.04. The molecule has 92 valence electrons. The van der Waals surface area contributed by atoms with Gasteiger partial charge in [0.15, 0.2) is 0 Å². The average Bonchev–Trinajstić information content (AvgIpc) is 2.23. The quantitative estimate of drug-likeness (QED) is 0.871. The number of carbonyl (C=O) groups excluding carboxylic acids is 1. The lowest BCUT2D eigenvalue weighted by Gasteiger charge is -2.39. The smallest absolute Gasteiger partial charge is 0.235 e. The van der Waals surface area contributed by atoms with E-state index in [0.717, 1.165) is 23.2 Å². The largest absolute Gasteiger partial charge is 0.379 e. The van der Waals surface area contributed by atoms with Crippen LogP contribution in [0.4, 0.5) is 5.69 Å². The third kappa shape index (κ3) is 2.07. The van der Waals surface area contributed by atoms with E-state index in [1.807, 2.05) is 39.0 Å². The number of carbonyl (C=O) groups is 1. The monoisotopic (exact) mass is 233 g/mol. The lowest BCUT2D eigenvalue weighted by atomic mass is 9.82. The summed E-state index contributed by atoms with van der Waals surface area (Å²) in [4.78, 5) is 12.3. The number of amides is 1. The Bertz CT molecular complexity index is 410. The molecule has 3 nitrogen and oxygen atoms in total. The SMILES string of the molecule is CCC1(C(=O)Nc2c(C)cccc2C)COC1. The predicted octanol–water partition coefficient (Wildman–Crippen LogP) is 2.67. The van der Waals surface area contributed by atoms with Crippen LogP contribution in [0.2, 0.25) is 0 Å². The van der Waals surface area contributed by atoms with E-state index in [9.17, 15) is 4.79 Å². The molecule has 1 fully saturated rings. The van der Waals surface area contributed by atoms with E-state index in [1.54, 1.807) is 0 Å². The number of hydrogen-bond acceptors (Lipinski definition) is 2. The average molecular weight is 233 g/mol. The van der Waals surface area contributed by atoms with Crippen molar-refractivity contribution < 1.29 is 9.53 Å². The van der Waals surface area contributed by atoms with Crippen LogP contribution in [-0.4, -0.2) is 19.1 Å². The first-order valence-corrected chi connectivity index (χ1v) is 6.04. The van der Waals surface area contributed by atoms with E-state index >= 15 is 0 Å². The highest BCUT2D eigenvalue weighted by Crippen LogP contribution is 2.33. The van der Waals surface area contributed by atoms with Gasteiger partial charge in [-0.15, -0.1) is 0 Å². The van der Waals surface area contributed by atoms with Gasteiger partial charge in [0.05, 0.1) is 18.6 Å². The summed E-state index contributed by atoms with van der Waals surface area (Å²) >= 11 is 0. The maximum absolute atomic E-state index is 12.3. The molecule has 0 atom stereocenters. The van der Waals surface area contributed by atoms with Crippen molar-refractivity contribution in [3.05, 3.63) is 29.3 Å². The van der Waals surface area contributed by atoms with Gasteiger partial charge in [-0.3, -0.25) is 4.79 Å². The molecule has 1 aromatic carbocycles. The van der Waals surface area contributed by atoms with Crippen LogP contribution in [0.25, 0.3) is 0 Å². The second-order valence-electron chi connectivity index (χ2n) is 4.85. The third-order valence-corrected chi connectivity index (χ3v) is 3.63. The van der Waals surface area contributed by atoms with Crippen LogP contribution in [0.3, 0.4) is 0 Å². The number of hydrogen-bond donors (Lipinski definition) is 1. The number of nitrogens with one attached hydrogen (secondary N) is 1. The number of aryl methyl sites for hydroxylation is 2. The van der Waals surface area contributed by atoms with Crippen LogP contribution in [0, 0.1) is 19.3 Å². The molecule has 1 amide bonds. The molecule has 1 aromatic rings. The highest BCUT2D eigenvalue weighted by Gasteiger charge is 2.44. The molecular weight excluding hydrogens is 214 g/mol. The Morgan fingerprint density at radius 3 is 2.35 bits per heavy atom. The van der Waals surface area contributed by atoms with Crippen molar-refractivity contribution in [3.63, 3.8) is 0 Å².